The number of ether oxygens (including phenoxy) is 5. The molecule has 2 aliphatic rings. The summed E-state index contributed by atoms with van der Waals surface area (Å²) in [5.74, 6) is 2.74. The van der Waals surface area contributed by atoms with E-state index in [0.29, 0.717) is 23.9 Å². The largest absolute Gasteiger partial charge is 0.493 e. The van der Waals surface area contributed by atoms with Gasteiger partial charge in [0.05, 0.1) is 39.1 Å². The van der Waals surface area contributed by atoms with Crippen molar-refractivity contribution >= 4 is 22.6 Å². The summed E-state index contributed by atoms with van der Waals surface area (Å²) >= 11 is 0. The van der Waals surface area contributed by atoms with Crippen molar-refractivity contribution in [2.75, 3.05) is 28.1 Å². The molecule has 0 amide bonds. The number of aromatic nitrogens is 1. The van der Waals surface area contributed by atoms with E-state index in [1.165, 1.54) is 11.1 Å². The van der Waals surface area contributed by atoms with Gasteiger partial charge < -0.3 is 23.7 Å². The molecule has 0 saturated heterocycles. The van der Waals surface area contributed by atoms with E-state index in [0.717, 1.165) is 45.5 Å². The maximum Gasteiger partial charge on any atom is 0.203 e. The number of hydrogen-bond acceptors (Lipinski definition) is 6. The predicted octanol–water partition coefficient (Wildman–Crippen LogP) is 6.01. The lowest BCUT2D eigenvalue weighted by Gasteiger charge is -2.30. The van der Waals surface area contributed by atoms with Crippen LogP contribution in [0.25, 0.3) is 22.6 Å². The highest BCUT2D eigenvalue weighted by Gasteiger charge is 2.30. The van der Waals surface area contributed by atoms with Gasteiger partial charge >= 0.3 is 0 Å². The molecule has 1 aliphatic heterocycles. The summed E-state index contributed by atoms with van der Waals surface area (Å²) in [7, 11) is 4.89. The summed E-state index contributed by atoms with van der Waals surface area (Å²) in [6.07, 6.45) is 2.99. The second-order valence-electron chi connectivity index (χ2n) is 8.93. The van der Waals surface area contributed by atoms with E-state index in [-0.39, 0.29) is 12.7 Å². The lowest BCUT2D eigenvalue weighted by Crippen LogP contribution is -2.18. The van der Waals surface area contributed by atoms with Crippen LogP contribution in [0.15, 0.2) is 60.7 Å². The van der Waals surface area contributed by atoms with Crippen molar-refractivity contribution < 1.29 is 23.7 Å². The lowest BCUT2D eigenvalue weighted by atomic mass is 9.76. The zero-order chi connectivity index (χ0) is 24.6. The Morgan fingerprint density at radius 2 is 1.69 bits per heavy atom. The van der Waals surface area contributed by atoms with Gasteiger partial charge in [0, 0.05) is 16.9 Å². The number of hydrogen-bond donors (Lipinski definition) is 0. The van der Waals surface area contributed by atoms with Crippen molar-refractivity contribution in [3.05, 3.63) is 88.6 Å². The third-order valence-corrected chi connectivity index (χ3v) is 7.01. The Hall–Kier alpha value is -4.03. The molecule has 4 aromatic rings. The molecule has 6 heteroatoms. The minimum absolute atomic E-state index is 0.0588. The fraction of sp³-hybridized carbons (Fsp3) is 0.233. The number of benzene rings is 3. The molecular formula is C30H27NO5. The highest BCUT2D eigenvalue weighted by Crippen LogP contribution is 2.48. The molecule has 2 heterocycles. The topological polar surface area (TPSA) is 59.0 Å². The third-order valence-electron chi connectivity index (χ3n) is 7.01. The van der Waals surface area contributed by atoms with E-state index in [1.54, 1.807) is 21.3 Å². The minimum Gasteiger partial charge on any atom is -0.493 e. The first-order valence-corrected chi connectivity index (χ1v) is 11.9. The summed E-state index contributed by atoms with van der Waals surface area (Å²) in [6.45, 7) is 0.794. The van der Waals surface area contributed by atoms with Crippen molar-refractivity contribution in [3.8, 4) is 23.0 Å². The Balaban J connectivity index is 1.58. The Labute approximate surface area is 210 Å². The van der Waals surface area contributed by atoms with Crippen molar-refractivity contribution in [1.82, 2.24) is 4.98 Å². The van der Waals surface area contributed by atoms with Crippen molar-refractivity contribution in [2.45, 2.75) is 18.9 Å². The number of nitrogens with zero attached hydrogens (tertiary/aromatic N) is 1. The van der Waals surface area contributed by atoms with Crippen molar-refractivity contribution in [2.24, 2.45) is 0 Å². The maximum atomic E-state index is 5.82. The molecule has 1 aliphatic carbocycles. The summed E-state index contributed by atoms with van der Waals surface area (Å²) in [5, 5.41) is 1.14. The Kier molecular flexibility index (Phi) is 5.74. The Morgan fingerprint density at radius 3 is 2.47 bits per heavy atom. The van der Waals surface area contributed by atoms with Crippen LogP contribution in [0.2, 0.25) is 0 Å². The number of allylic oxidation sites excluding steroid dienone is 1. The Bertz CT molecular complexity index is 1470. The maximum absolute atomic E-state index is 5.82. The van der Waals surface area contributed by atoms with Crippen LogP contribution in [0, 0.1) is 0 Å². The predicted molar refractivity (Wildman–Crippen MR) is 139 cm³/mol. The highest BCUT2D eigenvalue weighted by molar-refractivity contribution is 5.91. The van der Waals surface area contributed by atoms with E-state index in [2.05, 4.69) is 42.5 Å². The number of rotatable bonds is 5. The molecule has 1 aromatic heterocycles. The van der Waals surface area contributed by atoms with Gasteiger partial charge in [-0.25, -0.2) is 4.98 Å². The fourth-order valence-electron chi connectivity index (χ4n) is 5.30. The Morgan fingerprint density at radius 1 is 0.889 bits per heavy atom. The first kappa shape index (κ1) is 22.4. The smallest absolute Gasteiger partial charge is 0.203 e. The van der Waals surface area contributed by atoms with Crippen LogP contribution in [0.1, 0.15) is 33.9 Å². The lowest BCUT2D eigenvalue weighted by molar-refractivity contribution is -0.0169. The third kappa shape index (κ3) is 3.74. The van der Waals surface area contributed by atoms with Gasteiger partial charge in [-0.1, -0.05) is 30.3 Å². The van der Waals surface area contributed by atoms with Gasteiger partial charge in [-0.3, -0.25) is 0 Å². The second kappa shape index (κ2) is 9.21. The van der Waals surface area contributed by atoms with E-state index >= 15 is 0 Å². The van der Waals surface area contributed by atoms with Gasteiger partial charge in [0.1, 0.15) is 5.75 Å². The molecule has 6 rings (SSSR count). The van der Waals surface area contributed by atoms with Crippen LogP contribution in [0.3, 0.4) is 0 Å². The summed E-state index contributed by atoms with van der Waals surface area (Å²) in [5.41, 5.74) is 7.56. The van der Waals surface area contributed by atoms with E-state index in [9.17, 15) is 0 Å². The van der Waals surface area contributed by atoms with Crippen LogP contribution in [-0.2, 0) is 17.8 Å². The van der Waals surface area contributed by atoms with Crippen LogP contribution in [0.4, 0.5) is 0 Å². The summed E-state index contributed by atoms with van der Waals surface area (Å²) in [4.78, 5) is 5.01. The average molecular weight is 482 g/mol. The quantitative estimate of drug-likeness (QED) is 0.348. The van der Waals surface area contributed by atoms with E-state index < -0.39 is 0 Å². The number of para-hydroxylation sites is 1. The van der Waals surface area contributed by atoms with Gasteiger partial charge in [0.15, 0.2) is 18.3 Å². The molecule has 0 saturated carbocycles. The second-order valence-corrected chi connectivity index (χ2v) is 8.93. The first-order chi connectivity index (χ1) is 17.7. The molecule has 1 unspecified atom stereocenters. The summed E-state index contributed by atoms with van der Waals surface area (Å²) < 4.78 is 28.4. The van der Waals surface area contributed by atoms with Gasteiger partial charge in [-0.2, -0.15) is 0 Å². The molecule has 0 bridgehead atoms. The molecule has 182 valence electrons. The zero-order valence-electron chi connectivity index (χ0n) is 20.5. The van der Waals surface area contributed by atoms with Crippen LogP contribution in [-0.4, -0.2) is 33.1 Å². The van der Waals surface area contributed by atoms with E-state index in [1.807, 2.05) is 24.3 Å². The molecule has 0 fully saturated rings. The number of methoxy groups -OCH3 is 3. The SMILES string of the molecule is COc1cc(C2=Cc3nc4ccccc4cc3CC2c2cccc3c2COCO3)cc(OC)c1OC. The highest BCUT2D eigenvalue weighted by atomic mass is 16.7. The molecule has 36 heavy (non-hydrogen) atoms. The zero-order valence-corrected chi connectivity index (χ0v) is 20.5. The average Bonchev–Trinajstić information content (AvgIpc) is 2.94. The van der Waals surface area contributed by atoms with Gasteiger partial charge in [-0.05, 0) is 65.1 Å². The molecule has 1 atom stereocenters. The standard InChI is InChI=1S/C30H27NO5/c1-32-28-13-19(14-29(33-2)30(28)34-3)22-15-26-20(11-18-7-4-5-9-25(18)31-26)12-23(22)21-8-6-10-27-24(21)16-35-17-36-27/h4-11,13-15,23H,12,16-17H2,1-3H3. The van der Waals surface area contributed by atoms with Crippen LogP contribution >= 0.6 is 0 Å². The molecule has 0 radical (unpaired) electrons. The number of pyridine rings is 1. The fourth-order valence-corrected chi connectivity index (χ4v) is 5.30. The van der Waals surface area contributed by atoms with Crippen molar-refractivity contribution in [1.29, 1.82) is 0 Å². The molecular weight excluding hydrogens is 454 g/mol. The van der Waals surface area contributed by atoms with Crippen molar-refractivity contribution in [3.63, 3.8) is 0 Å². The first-order valence-electron chi connectivity index (χ1n) is 11.9. The minimum atomic E-state index is 0.0588. The van der Waals surface area contributed by atoms with Gasteiger partial charge in [-0.15, -0.1) is 0 Å². The van der Waals surface area contributed by atoms with Crippen LogP contribution in [0.5, 0.6) is 23.0 Å². The van der Waals surface area contributed by atoms with Gasteiger partial charge in [0.2, 0.25) is 5.75 Å². The monoisotopic (exact) mass is 481 g/mol. The number of fused-ring (bicyclic) bond motifs is 3. The molecule has 0 spiro atoms. The summed E-state index contributed by atoms with van der Waals surface area (Å²) in [6, 6.07) is 20.8. The van der Waals surface area contributed by atoms with Gasteiger partial charge in [0.25, 0.3) is 0 Å². The van der Waals surface area contributed by atoms with E-state index in [4.69, 9.17) is 28.7 Å². The normalized spacial score (nSPS) is 16.4. The molecule has 3 aromatic carbocycles. The molecule has 6 nitrogen and oxygen atoms in total. The van der Waals surface area contributed by atoms with Crippen LogP contribution < -0.4 is 18.9 Å². The molecule has 0 N–H and O–H groups in total.